The smallest absolute Gasteiger partial charge is 0.378 e. The number of alkyl halides is 3. The van der Waals surface area contributed by atoms with Gasteiger partial charge in [-0.25, -0.2) is 13.2 Å². The van der Waals surface area contributed by atoms with E-state index in [-0.39, 0.29) is 25.3 Å². The number of hydrogen-bond acceptors (Lipinski definition) is 6. The van der Waals surface area contributed by atoms with E-state index in [1.54, 1.807) is 24.3 Å². The maximum Gasteiger partial charge on any atom is 0.416 e. The molecule has 32 heavy (non-hydrogen) atoms. The molecule has 2 amide bonds. The van der Waals surface area contributed by atoms with Gasteiger partial charge in [-0.3, -0.25) is 14.8 Å². The summed E-state index contributed by atoms with van der Waals surface area (Å²) in [5.41, 5.74) is -1.00. The molecule has 4 N–H and O–H groups in total. The summed E-state index contributed by atoms with van der Waals surface area (Å²) in [4.78, 5) is 22.0. The van der Waals surface area contributed by atoms with Gasteiger partial charge in [-0.05, 0) is 29.8 Å². The molecule has 0 spiro atoms. The van der Waals surface area contributed by atoms with E-state index in [1.807, 2.05) is 0 Å². The van der Waals surface area contributed by atoms with Crippen LogP contribution in [0.15, 0.2) is 42.5 Å². The van der Waals surface area contributed by atoms with Crippen LogP contribution in [0.4, 0.5) is 35.0 Å². The number of nitrogens with one attached hydrogen (secondary N) is 4. The van der Waals surface area contributed by atoms with E-state index in [1.165, 1.54) is 0 Å². The number of nitro groups is 1. The minimum atomic E-state index is -4.71. The zero-order valence-electron chi connectivity index (χ0n) is 16.7. The highest BCUT2D eigenvalue weighted by molar-refractivity contribution is 7.92. The quantitative estimate of drug-likeness (QED) is 0.250. The Morgan fingerprint density at radius 3 is 2.44 bits per heavy atom. The molecule has 14 heteroatoms. The first-order valence-electron chi connectivity index (χ1n) is 9.03. The second kappa shape index (κ2) is 10.2. The predicted octanol–water partition coefficient (Wildman–Crippen LogP) is 2.90. The minimum Gasteiger partial charge on any atom is -0.378 e. The van der Waals surface area contributed by atoms with Crippen LogP contribution in [0.5, 0.6) is 0 Å². The van der Waals surface area contributed by atoms with Crippen LogP contribution in [0.2, 0.25) is 0 Å². The molecular weight excluding hydrogens is 455 g/mol. The second-order valence-electron chi connectivity index (χ2n) is 6.60. The number of rotatable bonds is 9. The molecule has 174 valence electrons. The Bertz CT molecular complexity index is 1090. The highest BCUT2D eigenvalue weighted by Gasteiger charge is 2.33. The molecule has 10 nitrogen and oxygen atoms in total. The molecule has 0 saturated carbocycles. The molecule has 0 atom stereocenters. The van der Waals surface area contributed by atoms with E-state index in [4.69, 9.17) is 0 Å². The third kappa shape index (κ3) is 7.94. The summed E-state index contributed by atoms with van der Waals surface area (Å²) >= 11 is 0. The van der Waals surface area contributed by atoms with Crippen LogP contribution in [0.25, 0.3) is 0 Å². The predicted molar refractivity (Wildman–Crippen MR) is 112 cm³/mol. The van der Waals surface area contributed by atoms with Crippen LogP contribution in [-0.2, 0) is 22.7 Å². The molecule has 0 bridgehead atoms. The van der Waals surface area contributed by atoms with E-state index in [2.05, 4.69) is 20.7 Å². The molecule has 0 aromatic heterocycles. The summed E-state index contributed by atoms with van der Waals surface area (Å²) in [5.74, 6) is 0. The molecule has 0 fully saturated rings. The van der Waals surface area contributed by atoms with Crippen LogP contribution in [0.1, 0.15) is 11.1 Å². The van der Waals surface area contributed by atoms with Crippen LogP contribution in [0.3, 0.4) is 0 Å². The Morgan fingerprint density at radius 1 is 1.09 bits per heavy atom. The number of hydrogen-bond donors (Lipinski definition) is 4. The van der Waals surface area contributed by atoms with Crippen LogP contribution in [-0.4, -0.2) is 38.7 Å². The van der Waals surface area contributed by atoms with Gasteiger partial charge >= 0.3 is 12.2 Å². The molecule has 2 aromatic rings. The summed E-state index contributed by atoms with van der Waals surface area (Å²) in [6, 6.07) is 7.96. The highest BCUT2D eigenvalue weighted by Crippen LogP contribution is 2.34. The van der Waals surface area contributed by atoms with Gasteiger partial charge in [0.05, 0.1) is 16.7 Å². The Morgan fingerprint density at radius 2 is 1.81 bits per heavy atom. The lowest BCUT2D eigenvalue weighted by Crippen LogP contribution is -2.37. The van der Waals surface area contributed by atoms with Crippen molar-refractivity contribution in [2.45, 2.75) is 12.7 Å². The molecule has 2 rings (SSSR count). The summed E-state index contributed by atoms with van der Waals surface area (Å²) in [7, 11) is -3.44. The fourth-order valence-electron chi connectivity index (χ4n) is 2.59. The molecule has 2 aromatic carbocycles. The first-order valence-corrected chi connectivity index (χ1v) is 10.9. The van der Waals surface area contributed by atoms with Crippen molar-refractivity contribution >= 4 is 33.1 Å². The Balaban J connectivity index is 1.83. The number of anilines is 2. The molecule has 0 unspecified atom stereocenters. The Kier molecular flexibility index (Phi) is 7.86. The monoisotopic (exact) mass is 475 g/mol. The number of urea groups is 1. The maximum absolute atomic E-state index is 12.7. The van der Waals surface area contributed by atoms with Gasteiger partial charge in [-0.15, -0.1) is 0 Å². The van der Waals surface area contributed by atoms with Crippen LogP contribution < -0.4 is 20.7 Å². The fourth-order valence-corrected chi connectivity index (χ4v) is 3.14. The van der Waals surface area contributed by atoms with E-state index in [9.17, 15) is 36.5 Å². The van der Waals surface area contributed by atoms with Gasteiger partial charge in [0.15, 0.2) is 0 Å². The van der Waals surface area contributed by atoms with Gasteiger partial charge < -0.3 is 16.0 Å². The summed E-state index contributed by atoms with van der Waals surface area (Å²) in [6.07, 6.45) is -3.69. The Hall–Kier alpha value is -3.55. The molecule has 0 aliphatic heterocycles. The van der Waals surface area contributed by atoms with E-state index in [0.29, 0.717) is 17.3 Å². The molecule has 0 aliphatic carbocycles. The summed E-state index contributed by atoms with van der Waals surface area (Å²) in [6.45, 7) is 0.149. The van der Waals surface area contributed by atoms with E-state index < -0.39 is 38.4 Å². The molecular formula is C18H20F3N5O5S. The largest absolute Gasteiger partial charge is 0.416 e. The molecule has 0 saturated heterocycles. The van der Waals surface area contributed by atoms with Crippen molar-refractivity contribution < 1.29 is 31.3 Å². The molecule has 0 aliphatic rings. The standard InChI is InChI=1S/C18H20F3N5O5S/c1-32(30,31)25-14-4-2-3-12(9-14)11-24-17(27)23-8-7-22-15-6-5-13(18(19,20)21)10-16(15)26(28)29/h2-6,9-10,22,25H,7-8,11H2,1H3,(H2,23,24,27). The van der Waals surface area contributed by atoms with Gasteiger partial charge in [0.1, 0.15) is 5.69 Å². The number of carbonyl (C=O) groups is 1. The summed E-state index contributed by atoms with van der Waals surface area (Å²) < 4.78 is 63.0. The zero-order chi connectivity index (χ0) is 23.9. The third-order valence-electron chi connectivity index (χ3n) is 3.93. The minimum absolute atomic E-state index is 0.0212. The van der Waals surface area contributed by atoms with Gasteiger partial charge in [-0.1, -0.05) is 12.1 Å². The number of benzene rings is 2. The van der Waals surface area contributed by atoms with Crippen molar-refractivity contribution in [2.24, 2.45) is 0 Å². The topological polar surface area (TPSA) is 142 Å². The molecule has 0 heterocycles. The van der Waals surface area contributed by atoms with Gasteiger partial charge in [0, 0.05) is 31.4 Å². The SMILES string of the molecule is CS(=O)(=O)Nc1cccc(CNC(=O)NCCNc2ccc(C(F)(F)F)cc2[N+](=O)[O-])c1. The van der Waals surface area contributed by atoms with Crippen molar-refractivity contribution in [1.82, 2.24) is 10.6 Å². The molecule has 0 radical (unpaired) electrons. The van der Waals surface area contributed by atoms with Crippen molar-refractivity contribution in [3.05, 3.63) is 63.7 Å². The fraction of sp³-hybridized carbons (Fsp3) is 0.278. The average Bonchev–Trinajstić information content (AvgIpc) is 2.68. The van der Waals surface area contributed by atoms with Gasteiger partial charge in [-0.2, -0.15) is 13.2 Å². The first-order chi connectivity index (χ1) is 14.8. The van der Waals surface area contributed by atoms with E-state index >= 15 is 0 Å². The van der Waals surface area contributed by atoms with Crippen molar-refractivity contribution in [1.29, 1.82) is 0 Å². The van der Waals surface area contributed by atoms with Gasteiger partial charge in [0.2, 0.25) is 10.0 Å². The lowest BCUT2D eigenvalue weighted by molar-refractivity contribution is -0.384. The zero-order valence-corrected chi connectivity index (χ0v) is 17.5. The summed E-state index contributed by atoms with van der Waals surface area (Å²) in [5, 5.41) is 18.7. The maximum atomic E-state index is 12.7. The van der Waals surface area contributed by atoms with Crippen molar-refractivity contribution in [3.63, 3.8) is 0 Å². The Labute approximate surface area is 181 Å². The van der Waals surface area contributed by atoms with E-state index in [0.717, 1.165) is 18.4 Å². The van der Waals surface area contributed by atoms with Crippen LogP contribution in [0, 0.1) is 10.1 Å². The highest BCUT2D eigenvalue weighted by atomic mass is 32.2. The number of nitrogens with zero attached hydrogens (tertiary/aromatic N) is 1. The number of amides is 2. The van der Waals surface area contributed by atoms with Crippen molar-refractivity contribution in [2.75, 3.05) is 29.4 Å². The third-order valence-corrected chi connectivity index (χ3v) is 4.54. The normalized spacial score (nSPS) is 11.5. The number of carbonyl (C=O) groups excluding carboxylic acids is 1. The number of nitro benzene ring substituents is 1. The lowest BCUT2D eigenvalue weighted by atomic mass is 10.1. The van der Waals surface area contributed by atoms with Crippen LogP contribution >= 0.6 is 0 Å². The number of halogens is 3. The second-order valence-corrected chi connectivity index (χ2v) is 8.35. The average molecular weight is 475 g/mol. The van der Waals surface area contributed by atoms with Crippen molar-refractivity contribution in [3.8, 4) is 0 Å². The van der Waals surface area contributed by atoms with Gasteiger partial charge in [0.25, 0.3) is 5.69 Å². The number of sulfonamides is 1. The first kappa shape index (κ1) is 24.7. The lowest BCUT2D eigenvalue weighted by Gasteiger charge is -2.12.